The van der Waals surface area contributed by atoms with Crippen molar-refractivity contribution in [3.63, 3.8) is 0 Å². The van der Waals surface area contributed by atoms with Gasteiger partial charge in [-0.2, -0.15) is 0 Å². The lowest BCUT2D eigenvalue weighted by atomic mass is 10.0. The standard InChI is InChI=1S/C54H33N7S/c1-5-17-34(18-6-1)49-55-50(35-19-7-2-8-20-35)59-54(58-49)42-27-16-30-45-48(42)40-32-31-37(33-46(40)62-45)52-56-51(36-21-9-3-10-22-36)57-53(60-52)41-26-15-29-44-47(41)39-25-13-14-28-43(39)61(44)38-23-11-4-12-24-38/h1-33H. The Morgan fingerprint density at radius 1 is 0.306 bits per heavy atom. The third-order valence-corrected chi connectivity index (χ3v) is 12.4. The highest BCUT2D eigenvalue weighted by atomic mass is 32.1. The molecule has 7 nitrogen and oxygen atoms in total. The van der Waals surface area contributed by atoms with Crippen LogP contribution in [0.4, 0.5) is 0 Å². The fourth-order valence-electron chi connectivity index (χ4n) is 8.48. The molecular weight excluding hydrogens is 779 g/mol. The van der Waals surface area contributed by atoms with Gasteiger partial charge < -0.3 is 4.57 Å². The van der Waals surface area contributed by atoms with Gasteiger partial charge in [0.2, 0.25) is 0 Å². The van der Waals surface area contributed by atoms with Crippen LogP contribution in [0.3, 0.4) is 0 Å². The molecule has 0 bridgehead atoms. The van der Waals surface area contributed by atoms with Crippen LogP contribution < -0.4 is 0 Å². The minimum absolute atomic E-state index is 0.606. The lowest BCUT2D eigenvalue weighted by Crippen LogP contribution is -2.00. The molecule has 0 saturated carbocycles. The molecule has 0 atom stereocenters. The fourth-order valence-corrected chi connectivity index (χ4v) is 9.65. The smallest absolute Gasteiger partial charge is 0.164 e. The molecule has 0 fully saturated rings. The zero-order valence-electron chi connectivity index (χ0n) is 33.1. The second-order valence-electron chi connectivity index (χ2n) is 15.1. The van der Waals surface area contributed by atoms with E-state index in [0.717, 1.165) is 81.0 Å². The number of fused-ring (bicyclic) bond motifs is 6. The van der Waals surface area contributed by atoms with Crippen LogP contribution >= 0.6 is 11.3 Å². The molecule has 0 unspecified atom stereocenters. The van der Waals surface area contributed by atoms with Crippen molar-refractivity contribution in [1.29, 1.82) is 0 Å². The van der Waals surface area contributed by atoms with Crippen LogP contribution in [-0.2, 0) is 0 Å². The van der Waals surface area contributed by atoms with Gasteiger partial charge in [0.1, 0.15) is 0 Å². The van der Waals surface area contributed by atoms with Crippen molar-refractivity contribution in [2.45, 2.75) is 0 Å². The summed E-state index contributed by atoms with van der Waals surface area (Å²) >= 11 is 1.74. The van der Waals surface area contributed by atoms with Gasteiger partial charge in [0, 0.05) is 70.0 Å². The highest BCUT2D eigenvalue weighted by molar-refractivity contribution is 7.26. The van der Waals surface area contributed by atoms with Crippen molar-refractivity contribution in [2.24, 2.45) is 0 Å². The summed E-state index contributed by atoms with van der Waals surface area (Å²) in [6, 6.07) is 68.7. The van der Waals surface area contributed by atoms with E-state index in [9.17, 15) is 0 Å². The van der Waals surface area contributed by atoms with Crippen LogP contribution in [0.2, 0.25) is 0 Å². The van der Waals surface area contributed by atoms with Gasteiger partial charge in [-0.1, -0.05) is 164 Å². The van der Waals surface area contributed by atoms with Gasteiger partial charge in [0.15, 0.2) is 34.9 Å². The lowest BCUT2D eigenvalue weighted by Gasteiger charge is -2.11. The quantitative estimate of drug-likeness (QED) is 0.159. The molecular formula is C54H33N7S. The molecule has 4 heterocycles. The monoisotopic (exact) mass is 811 g/mol. The van der Waals surface area contributed by atoms with Crippen molar-refractivity contribution in [3.8, 4) is 74.0 Å². The average molecular weight is 812 g/mol. The molecule has 4 aromatic heterocycles. The first-order valence-corrected chi connectivity index (χ1v) is 21.3. The van der Waals surface area contributed by atoms with E-state index in [1.807, 2.05) is 84.9 Å². The maximum atomic E-state index is 5.29. The van der Waals surface area contributed by atoms with E-state index in [1.54, 1.807) is 11.3 Å². The van der Waals surface area contributed by atoms with Crippen molar-refractivity contribution in [1.82, 2.24) is 34.5 Å². The first-order chi connectivity index (χ1) is 30.7. The topological polar surface area (TPSA) is 82.3 Å². The Kier molecular flexibility index (Phi) is 8.53. The maximum absolute atomic E-state index is 5.29. The number of aromatic nitrogens is 7. The molecule has 12 aromatic rings. The van der Waals surface area contributed by atoms with E-state index in [4.69, 9.17) is 29.9 Å². The number of rotatable bonds is 7. The molecule has 12 rings (SSSR count). The molecule has 0 aliphatic rings. The van der Waals surface area contributed by atoms with Crippen molar-refractivity contribution in [2.75, 3.05) is 0 Å². The van der Waals surface area contributed by atoms with Crippen molar-refractivity contribution < 1.29 is 0 Å². The molecule has 0 amide bonds. The van der Waals surface area contributed by atoms with Crippen molar-refractivity contribution >= 4 is 53.3 Å². The number of benzene rings is 8. The average Bonchev–Trinajstić information content (AvgIpc) is 3.90. The largest absolute Gasteiger partial charge is 0.309 e. The van der Waals surface area contributed by atoms with Crippen LogP contribution in [0.15, 0.2) is 200 Å². The summed E-state index contributed by atoms with van der Waals surface area (Å²) in [7, 11) is 0. The summed E-state index contributed by atoms with van der Waals surface area (Å²) in [5.41, 5.74) is 8.91. The van der Waals surface area contributed by atoms with Crippen LogP contribution in [0.5, 0.6) is 0 Å². The lowest BCUT2D eigenvalue weighted by molar-refractivity contribution is 1.08. The van der Waals surface area contributed by atoms with Crippen LogP contribution in [0.25, 0.3) is 116 Å². The predicted octanol–water partition coefficient (Wildman–Crippen LogP) is 13.5. The van der Waals surface area contributed by atoms with Crippen LogP contribution in [0, 0.1) is 0 Å². The van der Waals surface area contributed by atoms with E-state index in [0.29, 0.717) is 34.9 Å². The second kappa shape index (κ2) is 14.8. The first-order valence-electron chi connectivity index (χ1n) is 20.5. The van der Waals surface area contributed by atoms with Gasteiger partial charge in [-0.25, -0.2) is 29.9 Å². The number of hydrogen-bond acceptors (Lipinski definition) is 7. The number of para-hydroxylation sites is 2. The normalized spacial score (nSPS) is 11.5. The molecule has 0 aliphatic heterocycles. The Hall–Kier alpha value is -8.20. The molecule has 0 spiro atoms. The highest BCUT2D eigenvalue weighted by Crippen LogP contribution is 2.42. The van der Waals surface area contributed by atoms with Crippen molar-refractivity contribution in [3.05, 3.63) is 200 Å². The Morgan fingerprint density at radius 3 is 1.37 bits per heavy atom. The third-order valence-electron chi connectivity index (χ3n) is 11.3. The fraction of sp³-hybridized carbons (Fsp3) is 0. The van der Waals surface area contributed by atoms with Gasteiger partial charge in [0.05, 0.1) is 11.0 Å². The molecule has 62 heavy (non-hydrogen) atoms. The minimum atomic E-state index is 0.606. The summed E-state index contributed by atoms with van der Waals surface area (Å²) in [6.07, 6.45) is 0. The molecule has 8 heteroatoms. The van der Waals surface area contributed by atoms with Gasteiger partial charge in [0.25, 0.3) is 0 Å². The van der Waals surface area contributed by atoms with Gasteiger partial charge in [-0.15, -0.1) is 11.3 Å². The molecule has 0 aliphatic carbocycles. The third kappa shape index (κ3) is 6.12. The van der Waals surface area contributed by atoms with Crippen LogP contribution in [-0.4, -0.2) is 34.5 Å². The Balaban J connectivity index is 1.03. The highest BCUT2D eigenvalue weighted by Gasteiger charge is 2.21. The summed E-state index contributed by atoms with van der Waals surface area (Å²) in [5, 5.41) is 4.45. The number of hydrogen-bond donors (Lipinski definition) is 0. The summed E-state index contributed by atoms with van der Waals surface area (Å²) in [4.78, 5) is 30.7. The molecule has 0 saturated heterocycles. The van der Waals surface area contributed by atoms with E-state index in [1.165, 1.54) is 0 Å². The Labute approximate surface area is 360 Å². The summed E-state index contributed by atoms with van der Waals surface area (Å²) in [6.45, 7) is 0. The van der Waals surface area contributed by atoms with Gasteiger partial charge >= 0.3 is 0 Å². The predicted molar refractivity (Wildman–Crippen MR) is 253 cm³/mol. The molecule has 8 aromatic carbocycles. The molecule has 290 valence electrons. The van der Waals surface area contributed by atoms with E-state index in [2.05, 4.69) is 120 Å². The minimum Gasteiger partial charge on any atom is -0.309 e. The first kappa shape index (κ1) is 35.7. The second-order valence-corrected chi connectivity index (χ2v) is 16.2. The zero-order chi connectivity index (χ0) is 41.0. The molecule has 0 N–H and O–H groups in total. The van der Waals surface area contributed by atoms with Gasteiger partial charge in [-0.05, 0) is 36.4 Å². The van der Waals surface area contributed by atoms with Crippen LogP contribution in [0.1, 0.15) is 0 Å². The number of thiophene rings is 1. The summed E-state index contributed by atoms with van der Waals surface area (Å²) < 4.78 is 4.57. The van der Waals surface area contributed by atoms with E-state index in [-0.39, 0.29) is 0 Å². The summed E-state index contributed by atoms with van der Waals surface area (Å²) in [5.74, 6) is 3.74. The Bertz CT molecular complexity index is 3570. The van der Waals surface area contributed by atoms with Gasteiger partial charge in [-0.3, -0.25) is 0 Å². The SMILES string of the molecule is c1ccc(-c2nc(-c3ccccc3)nc(-c3cccc4sc5cc(-c6nc(-c7ccccc7)nc(-c7cccc8c7c7ccccc7n8-c7ccccc7)n6)ccc5c34)n2)cc1. The van der Waals surface area contributed by atoms with E-state index < -0.39 is 0 Å². The zero-order valence-corrected chi connectivity index (χ0v) is 33.9. The van der Waals surface area contributed by atoms with E-state index >= 15 is 0 Å². The Morgan fingerprint density at radius 2 is 0.774 bits per heavy atom. The number of nitrogens with zero attached hydrogens (tertiary/aromatic N) is 7. The molecule has 0 radical (unpaired) electrons. The maximum Gasteiger partial charge on any atom is 0.164 e.